The highest BCUT2D eigenvalue weighted by molar-refractivity contribution is 7.07. The molecular formula is C16H24ClNOS. The van der Waals surface area contributed by atoms with Crippen LogP contribution in [-0.2, 0) is 4.74 Å². The monoisotopic (exact) mass is 313 g/mol. The molecule has 0 aliphatic rings. The third kappa shape index (κ3) is 6.06. The highest BCUT2D eigenvalue weighted by Gasteiger charge is 2.27. The van der Waals surface area contributed by atoms with Crippen LogP contribution in [-0.4, -0.2) is 32.2 Å². The summed E-state index contributed by atoms with van der Waals surface area (Å²) in [5.41, 5.74) is 1.24. The van der Waals surface area contributed by atoms with Gasteiger partial charge in [0.05, 0.1) is 20.6 Å². The van der Waals surface area contributed by atoms with Crippen LogP contribution in [0.3, 0.4) is 0 Å². The van der Waals surface area contributed by atoms with Crippen molar-refractivity contribution in [3.8, 4) is 0 Å². The Bertz CT molecular complexity index is 414. The van der Waals surface area contributed by atoms with Crippen LogP contribution in [0.2, 0.25) is 0 Å². The molecule has 0 N–H and O–H groups in total. The Morgan fingerprint density at radius 1 is 1.05 bits per heavy atom. The van der Waals surface area contributed by atoms with Gasteiger partial charge in [0.2, 0.25) is 6.23 Å². The number of hydrogen-bond acceptors (Lipinski definition) is 2. The van der Waals surface area contributed by atoms with Crippen molar-refractivity contribution < 1.29 is 21.6 Å². The average molecular weight is 314 g/mol. The van der Waals surface area contributed by atoms with Gasteiger partial charge in [-0.05, 0) is 17.7 Å². The zero-order chi connectivity index (χ0) is 14.1. The van der Waals surface area contributed by atoms with Crippen molar-refractivity contribution in [3.05, 3.63) is 58.8 Å². The van der Waals surface area contributed by atoms with E-state index in [0.717, 1.165) is 11.0 Å². The highest BCUT2D eigenvalue weighted by Crippen LogP contribution is 2.24. The first-order valence-corrected chi connectivity index (χ1v) is 7.43. The molecule has 0 aliphatic carbocycles. The first-order valence-electron chi connectivity index (χ1n) is 6.49. The summed E-state index contributed by atoms with van der Waals surface area (Å²) in [6.45, 7) is 3.22. The van der Waals surface area contributed by atoms with Crippen molar-refractivity contribution in [1.82, 2.24) is 0 Å². The molecule has 0 saturated heterocycles. The first-order chi connectivity index (χ1) is 9.11. The summed E-state index contributed by atoms with van der Waals surface area (Å²) in [5.74, 6) is 0. The lowest BCUT2D eigenvalue weighted by Crippen LogP contribution is -3.00. The maximum Gasteiger partial charge on any atom is 0.219 e. The Balaban J connectivity index is 0.000000507. The number of hydrogen-bond donors (Lipinski definition) is 0. The molecule has 112 valence electrons. The molecule has 1 unspecified atom stereocenters. The van der Waals surface area contributed by atoms with Crippen LogP contribution in [0.1, 0.15) is 18.7 Å². The molecule has 0 bridgehead atoms. The lowest BCUT2D eigenvalue weighted by atomic mass is 10.1. The number of benzene rings is 1. The van der Waals surface area contributed by atoms with Gasteiger partial charge in [0, 0.05) is 12.7 Å². The van der Waals surface area contributed by atoms with E-state index in [2.05, 4.69) is 45.3 Å². The molecule has 1 aromatic heterocycles. The third-order valence-electron chi connectivity index (χ3n) is 3.18. The molecule has 0 radical (unpaired) electrons. The molecule has 2 nitrogen and oxygen atoms in total. The highest BCUT2D eigenvalue weighted by atomic mass is 35.5. The fourth-order valence-electron chi connectivity index (χ4n) is 1.84. The normalized spacial score (nSPS) is 11.8. The maximum atomic E-state index is 5.56. The molecule has 2 rings (SSSR count). The molecule has 0 fully saturated rings. The summed E-state index contributed by atoms with van der Waals surface area (Å²) in [5, 5.41) is 4.08. The quantitative estimate of drug-likeness (QED) is 0.608. The van der Waals surface area contributed by atoms with Gasteiger partial charge in [-0.3, -0.25) is 4.48 Å². The average Bonchev–Trinajstić information content (AvgIpc) is 3.00. The summed E-state index contributed by atoms with van der Waals surface area (Å²) in [6.07, 6.45) is 0.126. The predicted molar refractivity (Wildman–Crippen MR) is 83.2 cm³/mol. The van der Waals surface area contributed by atoms with Gasteiger partial charge in [-0.2, -0.15) is 11.3 Å². The number of nitrogens with zero attached hydrogens (tertiary/aromatic N) is 1. The van der Waals surface area contributed by atoms with Crippen LogP contribution in [0.25, 0.3) is 0 Å². The van der Waals surface area contributed by atoms with E-state index in [-0.39, 0.29) is 18.6 Å². The van der Waals surface area contributed by atoms with E-state index in [1.807, 2.05) is 29.0 Å². The fraction of sp³-hybridized carbons (Fsp3) is 0.375. The Labute approximate surface area is 133 Å². The van der Waals surface area contributed by atoms with Crippen LogP contribution < -0.4 is 12.4 Å². The van der Waals surface area contributed by atoms with Gasteiger partial charge in [-0.25, -0.2) is 0 Å². The van der Waals surface area contributed by atoms with Crippen molar-refractivity contribution in [2.75, 3.05) is 27.7 Å². The van der Waals surface area contributed by atoms with E-state index < -0.39 is 0 Å². The van der Waals surface area contributed by atoms with Gasteiger partial charge >= 0.3 is 0 Å². The Morgan fingerprint density at radius 3 is 1.95 bits per heavy atom. The fourth-order valence-corrected chi connectivity index (χ4v) is 2.29. The Kier molecular flexibility index (Phi) is 9.51. The number of ether oxygens (including phenoxy) is 1. The molecule has 4 heteroatoms. The van der Waals surface area contributed by atoms with Gasteiger partial charge < -0.3 is 17.1 Å². The van der Waals surface area contributed by atoms with E-state index in [1.54, 1.807) is 18.4 Å². The van der Waals surface area contributed by atoms with E-state index >= 15 is 0 Å². The van der Waals surface area contributed by atoms with Crippen molar-refractivity contribution in [2.45, 2.75) is 13.2 Å². The lowest BCUT2D eigenvalue weighted by Gasteiger charge is -2.35. The van der Waals surface area contributed by atoms with E-state index in [0.29, 0.717) is 0 Å². The lowest BCUT2D eigenvalue weighted by molar-refractivity contribution is -0.942. The van der Waals surface area contributed by atoms with Gasteiger partial charge in [0.15, 0.2) is 0 Å². The SMILES string of the molecule is CC[N+](C)(C)C(OC)c1ccccc1.[Cl-].c1ccsc1. The van der Waals surface area contributed by atoms with Gasteiger partial charge in [0.25, 0.3) is 0 Å². The molecule has 2 aromatic rings. The second-order valence-corrected chi connectivity index (χ2v) is 5.70. The molecule has 0 spiro atoms. The van der Waals surface area contributed by atoms with Crippen molar-refractivity contribution in [1.29, 1.82) is 0 Å². The molecule has 20 heavy (non-hydrogen) atoms. The maximum absolute atomic E-state index is 5.56. The largest absolute Gasteiger partial charge is 1.00 e. The van der Waals surface area contributed by atoms with Gasteiger partial charge in [-0.15, -0.1) is 0 Å². The van der Waals surface area contributed by atoms with E-state index in [9.17, 15) is 0 Å². The second-order valence-electron chi connectivity index (χ2n) is 4.89. The summed E-state index contributed by atoms with van der Waals surface area (Å²) in [4.78, 5) is 0. The minimum absolute atomic E-state index is 0. The minimum atomic E-state index is 0. The molecule has 0 aliphatic heterocycles. The molecule has 0 saturated carbocycles. The zero-order valence-corrected chi connectivity index (χ0v) is 14.2. The Hall–Kier alpha value is -0.870. The van der Waals surface area contributed by atoms with E-state index in [4.69, 9.17) is 4.74 Å². The summed E-state index contributed by atoms with van der Waals surface area (Å²) in [7, 11) is 6.13. The van der Waals surface area contributed by atoms with Crippen LogP contribution >= 0.6 is 11.3 Å². The molecule has 1 aromatic carbocycles. The zero-order valence-electron chi connectivity index (χ0n) is 12.6. The van der Waals surface area contributed by atoms with Crippen molar-refractivity contribution in [2.24, 2.45) is 0 Å². The minimum Gasteiger partial charge on any atom is -1.00 e. The molecule has 1 heterocycles. The van der Waals surface area contributed by atoms with Crippen LogP contribution in [0.15, 0.2) is 53.2 Å². The topological polar surface area (TPSA) is 9.23 Å². The second kappa shape index (κ2) is 9.94. The van der Waals surface area contributed by atoms with Crippen molar-refractivity contribution >= 4 is 11.3 Å². The number of halogens is 1. The number of thiophene rings is 1. The Morgan fingerprint density at radius 2 is 1.60 bits per heavy atom. The molecule has 0 amide bonds. The summed E-state index contributed by atoms with van der Waals surface area (Å²) in [6, 6.07) is 14.4. The molecular weight excluding hydrogens is 290 g/mol. The smallest absolute Gasteiger partial charge is 0.219 e. The standard InChI is InChI=1S/C12H20NO.C4H4S.ClH/c1-5-13(2,3)12(14-4)11-9-7-6-8-10-11;1-2-4-5-3-1;/h6-10,12H,5H2,1-4H3;1-4H;1H/q+1;;/p-1. The van der Waals surface area contributed by atoms with Crippen LogP contribution in [0.5, 0.6) is 0 Å². The predicted octanol–water partition coefficient (Wildman–Crippen LogP) is 1.18. The number of quaternary nitrogens is 1. The van der Waals surface area contributed by atoms with E-state index in [1.165, 1.54) is 5.56 Å². The number of methoxy groups -OCH3 is 1. The third-order valence-corrected chi connectivity index (χ3v) is 3.81. The van der Waals surface area contributed by atoms with Gasteiger partial charge in [-0.1, -0.05) is 42.5 Å². The first kappa shape index (κ1) is 19.1. The van der Waals surface area contributed by atoms with Crippen LogP contribution in [0.4, 0.5) is 0 Å². The number of rotatable bonds is 4. The van der Waals surface area contributed by atoms with Crippen molar-refractivity contribution in [3.63, 3.8) is 0 Å². The van der Waals surface area contributed by atoms with Gasteiger partial charge in [0.1, 0.15) is 0 Å². The summed E-state index contributed by atoms with van der Waals surface area (Å²) >= 11 is 1.71. The van der Waals surface area contributed by atoms with Crippen LogP contribution in [0, 0.1) is 0 Å². The molecule has 1 atom stereocenters. The summed E-state index contributed by atoms with van der Waals surface area (Å²) < 4.78 is 6.41.